The third-order valence-electron chi connectivity index (χ3n) is 5.66. The normalized spacial score (nSPS) is 16.6. The van der Waals surface area contributed by atoms with Crippen LogP contribution in [-0.2, 0) is 0 Å². The fourth-order valence-corrected chi connectivity index (χ4v) is 4.63. The van der Waals surface area contributed by atoms with Crippen LogP contribution in [0.3, 0.4) is 0 Å². The molecule has 8 heteroatoms. The molecular formula is C23H23N5O2S. The summed E-state index contributed by atoms with van der Waals surface area (Å²) < 4.78 is 7.17. The van der Waals surface area contributed by atoms with E-state index in [0.717, 1.165) is 52.7 Å². The summed E-state index contributed by atoms with van der Waals surface area (Å²) in [6, 6.07) is 12.0. The molecule has 4 heterocycles. The monoisotopic (exact) mass is 433 g/mol. The van der Waals surface area contributed by atoms with Gasteiger partial charge < -0.3 is 9.64 Å². The van der Waals surface area contributed by atoms with Crippen LogP contribution < -0.4 is 4.74 Å². The molecule has 3 aromatic heterocycles. The smallest absolute Gasteiger partial charge is 0.273 e. The number of pyridine rings is 1. The molecule has 0 saturated carbocycles. The van der Waals surface area contributed by atoms with Crippen molar-refractivity contribution in [3.05, 3.63) is 64.5 Å². The van der Waals surface area contributed by atoms with Crippen LogP contribution in [0.5, 0.6) is 5.75 Å². The maximum Gasteiger partial charge on any atom is 0.273 e. The molecule has 0 radical (unpaired) electrons. The van der Waals surface area contributed by atoms with Gasteiger partial charge in [-0.1, -0.05) is 12.1 Å². The molecule has 1 aromatic carbocycles. The average molecular weight is 434 g/mol. The van der Waals surface area contributed by atoms with Crippen molar-refractivity contribution in [2.24, 2.45) is 0 Å². The maximum absolute atomic E-state index is 12.8. The lowest BCUT2D eigenvalue weighted by molar-refractivity contribution is 0.0699. The number of aryl methyl sites for hydroxylation is 1. The van der Waals surface area contributed by atoms with Gasteiger partial charge in [-0.2, -0.15) is 5.10 Å². The van der Waals surface area contributed by atoms with Crippen molar-refractivity contribution in [1.82, 2.24) is 24.5 Å². The number of ether oxygens (including phenoxy) is 1. The first-order valence-electron chi connectivity index (χ1n) is 10.3. The number of hydrogen-bond acceptors (Lipinski definition) is 6. The van der Waals surface area contributed by atoms with Gasteiger partial charge in [-0.05, 0) is 49.6 Å². The zero-order valence-corrected chi connectivity index (χ0v) is 18.3. The zero-order chi connectivity index (χ0) is 21.4. The topological polar surface area (TPSA) is 72.6 Å². The number of piperidine rings is 1. The van der Waals surface area contributed by atoms with E-state index >= 15 is 0 Å². The van der Waals surface area contributed by atoms with Crippen molar-refractivity contribution in [3.63, 3.8) is 0 Å². The number of hydrogen-bond donors (Lipinski definition) is 0. The van der Waals surface area contributed by atoms with E-state index in [4.69, 9.17) is 14.8 Å². The predicted octanol–water partition coefficient (Wildman–Crippen LogP) is 4.19. The van der Waals surface area contributed by atoms with Crippen LogP contribution in [0.4, 0.5) is 0 Å². The van der Waals surface area contributed by atoms with Crippen molar-refractivity contribution < 1.29 is 9.53 Å². The summed E-state index contributed by atoms with van der Waals surface area (Å²) >= 11 is 1.50. The molecule has 0 unspecified atom stereocenters. The molecule has 1 fully saturated rings. The predicted molar refractivity (Wildman–Crippen MR) is 120 cm³/mol. The minimum absolute atomic E-state index is 0.00174. The maximum atomic E-state index is 12.8. The highest BCUT2D eigenvalue weighted by molar-refractivity contribution is 7.09. The van der Waals surface area contributed by atoms with E-state index in [9.17, 15) is 4.79 Å². The number of thiazole rings is 1. The van der Waals surface area contributed by atoms with Crippen molar-refractivity contribution in [2.45, 2.75) is 25.7 Å². The molecule has 31 heavy (non-hydrogen) atoms. The first kappa shape index (κ1) is 19.7. The summed E-state index contributed by atoms with van der Waals surface area (Å²) in [5.74, 6) is 1.73. The van der Waals surface area contributed by atoms with Gasteiger partial charge in [0.15, 0.2) is 11.5 Å². The Labute approximate surface area is 184 Å². The minimum atomic E-state index is -0.00174. The standard InChI is InChI=1S/C23H23N5O2S/c1-15-24-20(14-31-15)23(29)27-10-4-6-18(12-27)22-25-21-9-8-17(13-28(21)26-22)16-5-3-7-19(11-16)30-2/h3,5,7-9,11,13-14,18H,4,6,10,12H2,1-2H3/t18-/m1/s1. The van der Waals surface area contributed by atoms with Crippen LogP contribution >= 0.6 is 11.3 Å². The molecule has 1 saturated heterocycles. The van der Waals surface area contributed by atoms with Gasteiger partial charge in [0, 0.05) is 36.1 Å². The molecule has 1 amide bonds. The summed E-state index contributed by atoms with van der Waals surface area (Å²) in [6.07, 6.45) is 3.90. The number of carbonyl (C=O) groups excluding carboxylic acids is 1. The van der Waals surface area contributed by atoms with Crippen LogP contribution in [-0.4, -0.2) is 50.6 Å². The largest absolute Gasteiger partial charge is 0.497 e. The van der Waals surface area contributed by atoms with Crippen molar-refractivity contribution in [3.8, 4) is 16.9 Å². The highest BCUT2D eigenvalue weighted by atomic mass is 32.1. The van der Waals surface area contributed by atoms with E-state index in [1.165, 1.54) is 11.3 Å². The van der Waals surface area contributed by atoms with Gasteiger partial charge in [0.1, 0.15) is 11.4 Å². The molecule has 5 rings (SSSR count). The van der Waals surface area contributed by atoms with Crippen LogP contribution in [0.15, 0.2) is 48.0 Å². The van der Waals surface area contributed by atoms with E-state index < -0.39 is 0 Å². The van der Waals surface area contributed by atoms with E-state index in [1.807, 2.05) is 64.3 Å². The third kappa shape index (κ3) is 3.90. The molecule has 0 aliphatic carbocycles. The van der Waals surface area contributed by atoms with Gasteiger partial charge in [0.25, 0.3) is 5.91 Å². The number of likely N-dealkylation sites (tertiary alicyclic amines) is 1. The summed E-state index contributed by atoms with van der Waals surface area (Å²) in [6.45, 7) is 3.29. The second kappa shape index (κ2) is 8.11. The Morgan fingerprint density at radius 2 is 2.10 bits per heavy atom. The molecule has 1 atom stereocenters. The highest BCUT2D eigenvalue weighted by Crippen LogP contribution is 2.28. The Hall–Kier alpha value is -3.26. The van der Waals surface area contributed by atoms with Gasteiger partial charge in [0.2, 0.25) is 0 Å². The third-order valence-corrected chi connectivity index (χ3v) is 6.44. The number of carbonyl (C=O) groups is 1. The average Bonchev–Trinajstić information content (AvgIpc) is 3.44. The molecule has 1 aliphatic rings. The lowest BCUT2D eigenvalue weighted by atomic mass is 9.97. The SMILES string of the molecule is COc1cccc(-c2ccc3nc([C@@H]4CCCN(C(=O)c5csc(C)n5)C4)nn3c2)c1. The number of rotatable bonds is 4. The highest BCUT2D eigenvalue weighted by Gasteiger charge is 2.29. The fraction of sp³-hybridized carbons (Fsp3) is 0.304. The second-order valence-electron chi connectivity index (χ2n) is 7.76. The summed E-state index contributed by atoms with van der Waals surface area (Å²) in [5, 5.41) is 7.50. The Bertz CT molecular complexity index is 1250. The molecule has 0 N–H and O–H groups in total. The zero-order valence-electron chi connectivity index (χ0n) is 17.5. The summed E-state index contributed by atoms with van der Waals surface area (Å²) in [5.41, 5.74) is 3.45. The van der Waals surface area contributed by atoms with Crippen molar-refractivity contribution in [1.29, 1.82) is 0 Å². The molecule has 4 aromatic rings. The number of benzene rings is 1. The number of aromatic nitrogens is 4. The van der Waals surface area contributed by atoms with Crippen LogP contribution in [0, 0.1) is 6.92 Å². The second-order valence-corrected chi connectivity index (χ2v) is 8.83. The Morgan fingerprint density at radius 1 is 1.19 bits per heavy atom. The molecule has 158 valence electrons. The Morgan fingerprint density at radius 3 is 2.90 bits per heavy atom. The van der Waals surface area contributed by atoms with Crippen molar-refractivity contribution in [2.75, 3.05) is 20.2 Å². The van der Waals surface area contributed by atoms with Gasteiger partial charge in [-0.25, -0.2) is 14.5 Å². The fourth-order valence-electron chi connectivity index (χ4n) is 4.04. The first-order chi connectivity index (χ1) is 15.1. The quantitative estimate of drug-likeness (QED) is 0.483. The number of fused-ring (bicyclic) bond motifs is 1. The Balaban J connectivity index is 1.39. The number of nitrogens with zero attached hydrogens (tertiary/aromatic N) is 5. The number of methoxy groups -OCH3 is 1. The van der Waals surface area contributed by atoms with E-state index in [0.29, 0.717) is 12.2 Å². The molecular weight excluding hydrogens is 410 g/mol. The molecule has 1 aliphatic heterocycles. The summed E-state index contributed by atoms with van der Waals surface area (Å²) in [7, 11) is 1.67. The van der Waals surface area contributed by atoms with Crippen LogP contribution in [0.1, 0.15) is 40.1 Å². The molecule has 0 bridgehead atoms. The molecule has 7 nitrogen and oxygen atoms in total. The minimum Gasteiger partial charge on any atom is -0.497 e. The molecule has 0 spiro atoms. The first-order valence-corrected chi connectivity index (χ1v) is 11.2. The lowest BCUT2D eigenvalue weighted by Crippen LogP contribution is -2.39. The van der Waals surface area contributed by atoms with Gasteiger partial charge in [-0.3, -0.25) is 4.79 Å². The lowest BCUT2D eigenvalue weighted by Gasteiger charge is -2.30. The Kier molecular flexibility index (Phi) is 5.15. The van der Waals surface area contributed by atoms with Gasteiger partial charge in [0.05, 0.1) is 12.1 Å². The van der Waals surface area contributed by atoms with Gasteiger partial charge in [-0.15, -0.1) is 11.3 Å². The van der Waals surface area contributed by atoms with Crippen LogP contribution in [0.2, 0.25) is 0 Å². The summed E-state index contributed by atoms with van der Waals surface area (Å²) in [4.78, 5) is 23.8. The van der Waals surface area contributed by atoms with Crippen LogP contribution in [0.25, 0.3) is 16.8 Å². The van der Waals surface area contributed by atoms with E-state index in [1.54, 1.807) is 7.11 Å². The van der Waals surface area contributed by atoms with Crippen molar-refractivity contribution >= 4 is 22.9 Å². The van der Waals surface area contributed by atoms with Gasteiger partial charge >= 0.3 is 0 Å². The van der Waals surface area contributed by atoms with E-state index in [-0.39, 0.29) is 11.8 Å². The van der Waals surface area contributed by atoms with E-state index in [2.05, 4.69) is 4.98 Å². The number of amides is 1.